The van der Waals surface area contributed by atoms with E-state index in [4.69, 9.17) is 4.98 Å². The summed E-state index contributed by atoms with van der Waals surface area (Å²) in [6.45, 7) is 13.4. The van der Waals surface area contributed by atoms with Gasteiger partial charge in [0.2, 0.25) is 5.91 Å². The van der Waals surface area contributed by atoms with Crippen molar-refractivity contribution in [3.8, 4) is 11.3 Å². The number of carbonyl (C=O) groups excluding carboxylic acids is 1. The number of rotatable bonds is 3. The second-order valence-corrected chi connectivity index (χ2v) is 8.95. The predicted molar refractivity (Wildman–Crippen MR) is 126 cm³/mol. The maximum Gasteiger partial charge on any atom is 0.219 e. The minimum atomic E-state index is 0.139. The van der Waals surface area contributed by atoms with Gasteiger partial charge in [0.25, 0.3) is 0 Å². The number of fused-ring (bicyclic) bond motifs is 2. The number of H-pyrrole nitrogens is 1. The summed E-state index contributed by atoms with van der Waals surface area (Å²) in [6, 6.07) is 4.20. The van der Waals surface area contributed by atoms with Crippen LogP contribution in [0.2, 0.25) is 0 Å². The first kappa shape index (κ1) is 20.5. The van der Waals surface area contributed by atoms with Crippen LogP contribution in [0.25, 0.3) is 27.9 Å². The molecular formula is C24H29N7O. The van der Waals surface area contributed by atoms with Crippen molar-refractivity contribution in [3.05, 3.63) is 41.3 Å². The first-order chi connectivity index (χ1) is 15.3. The van der Waals surface area contributed by atoms with Crippen LogP contribution in [-0.4, -0.2) is 61.6 Å². The number of hydrogen-bond donors (Lipinski definition) is 1. The maximum atomic E-state index is 11.7. The molecule has 4 aromatic rings. The zero-order chi connectivity index (χ0) is 22.6. The minimum Gasteiger partial charge on any atom is -0.353 e. The molecule has 1 N–H and O–H groups in total. The Hall–Kier alpha value is -3.42. The Bertz CT molecular complexity index is 1330. The Labute approximate surface area is 187 Å². The highest BCUT2D eigenvalue weighted by atomic mass is 16.2. The SMILES string of the molecule is CC(=O)N1CCN(c2ccc3[nH]c(-c4cn5ncnc5c(C)c4C)c(C(C)C)c3n2)CC1. The molecule has 1 aliphatic heterocycles. The number of hydrogen-bond acceptors (Lipinski definition) is 5. The number of piperazine rings is 1. The molecule has 0 aromatic carbocycles. The Morgan fingerprint density at radius 1 is 1.09 bits per heavy atom. The van der Waals surface area contributed by atoms with Crippen LogP contribution in [0.5, 0.6) is 0 Å². The van der Waals surface area contributed by atoms with E-state index in [2.05, 4.69) is 66.0 Å². The van der Waals surface area contributed by atoms with Gasteiger partial charge in [0.05, 0.1) is 16.7 Å². The van der Waals surface area contributed by atoms with Crippen LogP contribution in [0.3, 0.4) is 0 Å². The molecule has 1 saturated heterocycles. The summed E-state index contributed by atoms with van der Waals surface area (Å²) < 4.78 is 1.85. The van der Waals surface area contributed by atoms with Crippen molar-refractivity contribution in [1.82, 2.24) is 29.5 Å². The van der Waals surface area contributed by atoms with Crippen molar-refractivity contribution >= 4 is 28.4 Å². The highest BCUT2D eigenvalue weighted by Crippen LogP contribution is 2.37. The van der Waals surface area contributed by atoms with Gasteiger partial charge >= 0.3 is 0 Å². The van der Waals surface area contributed by atoms with Crippen LogP contribution in [-0.2, 0) is 4.79 Å². The molecular weight excluding hydrogens is 402 g/mol. The van der Waals surface area contributed by atoms with Gasteiger partial charge in [-0.25, -0.2) is 14.5 Å². The molecule has 8 heteroatoms. The lowest BCUT2D eigenvalue weighted by molar-refractivity contribution is -0.129. The molecule has 32 heavy (non-hydrogen) atoms. The largest absolute Gasteiger partial charge is 0.353 e. The molecule has 1 amide bonds. The number of pyridine rings is 2. The first-order valence-electron chi connectivity index (χ1n) is 11.2. The molecule has 5 rings (SSSR count). The molecule has 166 valence electrons. The van der Waals surface area contributed by atoms with Crippen molar-refractivity contribution in [3.63, 3.8) is 0 Å². The number of anilines is 1. The number of aromatic amines is 1. The van der Waals surface area contributed by atoms with Gasteiger partial charge in [-0.15, -0.1) is 0 Å². The zero-order valence-corrected chi connectivity index (χ0v) is 19.3. The molecule has 8 nitrogen and oxygen atoms in total. The summed E-state index contributed by atoms with van der Waals surface area (Å²) in [7, 11) is 0. The second-order valence-electron chi connectivity index (χ2n) is 8.95. The smallest absolute Gasteiger partial charge is 0.219 e. The van der Waals surface area contributed by atoms with Gasteiger partial charge in [0.1, 0.15) is 12.1 Å². The maximum absolute atomic E-state index is 11.7. The molecule has 0 spiro atoms. The van der Waals surface area contributed by atoms with Gasteiger partial charge in [0.15, 0.2) is 5.65 Å². The molecule has 0 radical (unpaired) electrons. The third kappa shape index (κ3) is 3.21. The van der Waals surface area contributed by atoms with Crippen molar-refractivity contribution in [2.75, 3.05) is 31.1 Å². The summed E-state index contributed by atoms with van der Waals surface area (Å²) in [5, 5.41) is 4.37. The number of carbonyl (C=O) groups is 1. The van der Waals surface area contributed by atoms with E-state index in [0.29, 0.717) is 5.92 Å². The topological polar surface area (TPSA) is 82.4 Å². The summed E-state index contributed by atoms with van der Waals surface area (Å²) in [5.41, 5.74) is 8.69. The minimum absolute atomic E-state index is 0.139. The summed E-state index contributed by atoms with van der Waals surface area (Å²) in [5.74, 6) is 1.40. The van der Waals surface area contributed by atoms with Crippen LogP contribution in [0.1, 0.15) is 43.4 Å². The van der Waals surface area contributed by atoms with Gasteiger partial charge in [-0.2, -0.15) is 5.10 Å². The monoisotopic (exact) mass is 431 g/mol. The number of aryl methyl sites for hydroxylation is 1. The Kier molecular flexibility index (Phi) is 4.87. The fourth-order valence-electron chi connectivity index (χ4n) is 4.73. The normalized spacial score (nSPS) is 14.8. The summed E-state index contributed by atoms with van der Waals surface area (Å²) in [6.07, 6.45) is 3.66. The van der Waals surface area contributed by atoms with E-state index < -0.39 is 0 Å². The van der Waals surface area contributed by atoms with Crippen LogP contribution in [0, 0.1) is 13.8 Å². The number of amides is 1. The van der Waals surface area contributed by atoms with E-state index >= 15 is 0 Å². The Morgan fingerprint density at radius 2 is 1.84 bits per heavy atom. The first-order valence-corrected chi connectivity index (χ1v) is 11.2. The quantitative estimate of drug-likeness (QED) is 0.535. The van der Waals surface area contributed by atoms with E-state index in [1.807, 2.05) is 9.42 Å². The van der Waals surface area contributed by atoms with Gasteiger partial charge in [-0.05, 0) is 43.0 Å². The van der Waals surface area contributed by atoms with Gasteiger partial charge in [-0.3, -0.25) is 4.79 Å². The summed E-state index contributed by atoms with van der Waals surface area (Å²) in [4.78, 5) is 29.0. The molecule has 0 bridgehead atoms. The van der Waals surface area contributed by atoms with Crippen molar-refractivity contribution in [2.24, 2.45) is 0 Å². The highest BCUT2D eigenvalue weighted by Gasteiger charge is 2.23. The molecule has 0 saturated carbocycles. The number of aromatic nitrogens is 5. The van der Waals surface area contributed by atoms with E-state index in [1.165, 1.54) is 11.1 Å². The molecule has 5 heterocycles. The van der Waals surface area contributed by atoms with Crippen LogP contribution >= 0.6 is 0 Å². The predicted octanol–water partition coefficient (Wildman–Crippen LogP) is 3.68. The van der Waals surface area contributed by atoms with Crippen LogP contribution < -0.4 is 4.90 Å². The fourth-order valence-corrected chi connectivity index (χ4v) is 4.73. The Balaban J connectivity index is 1.61. The zero-order valence-electron chi connectivity index (χ0n) is 19.3. The average molecular weight is 432 g/mol. The van der Waals surface area contributed by atoms with Gasteiger partial charge < -0.3 is 14.8 Å². The second kappa shape index (κ2) is 7.62. The molecule has 0 atom stereocenters. The van der Waals surface area contributed by atoms with Crippen molar-refractivity contribution in [2.45, 2.75) is 40.5 Å². The van der Waals surface area contributed by atoms with Crippen LogP contribution in [0.4, 0.5) is 5.82 Å². The third-order valence-corrected chi connectivity index (χ3v) is 6.69. The number of nitrogens with zero attached hydrogens (tertiary/aromatic N) is 6. The van der Waals surface area contributed by atoms with Gasteiger partial charge in [-0.1, -0.05) is 13.8 Å². The van der Waals surface area contributed by atoms with Crippen molar-refractivity contribution in [1.29, 1.82) is 0 Å². The van der Waals surface area contributed by atoms with Gasteiger partial charge in [0, 0.05) is 50.4 Å². The van der Waals surface area contributed by atoms with Crippen molar-refractivity contribution < 1.29 is 4.79 Å². The Morgan fingerprint density at radius 3 is 2.53 bits per heavy atom. The lowest BCUT2D eigenvalue weighted by atomic mass is 9.95. The lowest BCUT2D eigenvalue weighted by Crippen LogP contribution is -2.48. The van der Waals surface area contributed by atoms with E-state index in [1.54, 1.807) is 13.3 Å². The molecule has 1 fully saturated rings. The fraction of sp³-hybridized carbons (Fsp3) is 0.417. The molecule has 1 aliphatic rings. The molecule has 4 aromatic heterocycles. The van der Waals surface area contributed by atoms with E-state index in [-0.39, 0.29) is 5.91 Å². The molecule has 0 unspecified atom stereocenters. The molecule has 0 aliphatic carbocycles. The standard InChI is InChI=1S/C24H29N7O/c1-14(2)21-22(18-12-31-24(25-13-26-31)16(4)15(18)3)27-19-6-7-20(28-23(19)21)30-10-8-29(9-11-30)17(5)32/h6-7,12-14,27H,8-11H2,1-5H3. The van der Waals surface area contributed by atoms with E-state index in [0.717, 1.165) is 65.5 Å². The van der Waals surface area contributed by atoms with Crippen LogP contribution in [0.15, 0.2) is 24.7 Å². The highest BCUT2D eigenvalue weighted by molar-refractivity contribution is 5.90. The number of nitrogens with one attached hydrogen (secondary N) is 1. The lowest BCUT2D eigenvalue weighted by Gasteiger charge is -2.34. The van der Waals surface area contributed by atoms with E-state index in [9.17, 15) is 4.79 Å². The summed E-state index contributed by atoms with van der Waals surface area (Å²) >= 11 is 0. The third-order valence-electron chi connectivity index (χ3n) is 6.69. The average Bonchev–Trinajstić information content (AvgIpc) is 3.40.